The van der Waals surface area contributed by atoms with Crippen molar-refractivity contribution in [1.29, 1.82) is 0 Å². The van der Waals surface area contributed by atoms with Crippen LogP contribution in [0.1, 0.15) is 11.3 Å². The minimum absolute atomic E-state index is 0.0436. The summed E-state index contributed by atoms with van der Waals surface area (Å²) in [7, 11) is 0. The van der Waals surface area contributed by atoms with Gasteiger partial charge in [-0.3, -0.25) is 4.79 Å². The molecule has 1 aromatic heterocycles. The van der Waals surface area contributed by atoms with Crippen molar-refractivity contribution in [2.75, 3.05) is 0 Å². The number of aryl methyl sites for hydroxylation is 1. The lowest BCUT2D eigenvalue weighted by atomic mass is 10.2. The van der Waals surface area contributed by atoms with Crippen molar-refractivity contribution in [2.24, 2.45) is 0 Å². The molecule has 0 aliphatic heterocycles. The molecule has 0 fully saturated rings. The highest BCUT2D eigenvalue weighted by Crippen LogP contribution is 2.27. The van der Waals surface area contributed by atoms with E-state index in [1.807, 2.05) is 13.0 Å². The lowest BCUT2D eigenvalue weighted by Gasteiger charge is -2.06. The van der Waals surface area contributed by atoms with Crippen molar-refractivity contribution >= 4 is 28.9 Å². The minimum Gasteiger partial charge on any atom is -0.425 e. The van der Waals surface area contributed by atoms with Gasteiger partial charge in [0.2, 0.25) is 0 Å². The third-order valence-corrected chi connectivity index (χ3v) is 4.53. The summed E-state index contributed by atoms with van der Waals surface area (Å²) in [6.45, 7) is 1.89. The van der Waals surface area contributed by atoms with Crippen LogP contribution >= 0.6 is 22.9 Å². The Bertz CT molecular complexity index is 877. The van der Waals surface area contributed by atoms with Gasteiger partial charge < -0.3 is 4.74 Å². The molecule has 3 rings (SSSR count). The average molecular weight is 362 g/mol. The highest BCUT2D eigenvalue weighted by molar-refractivity contribution is 7.13. The second kappa shape index (κ2) is 7.11. The van der Waals surface area contributed by atoms with Crippen LogP contribution in [0.4, 0.5) is 4.39 Å². The van der Waals surface area contributed by atoms with E-state index < -0.39 is 5.97 Å². The summed E-state index contributed by atoms with van der Waals surface area (Å²) in [5, 5.41) is 2.91. The van der Waals surface area contributed by atoms with Crippen molar-refractivity contribution in [3.05, 3.63) is 69.9 Å². The van der Waals surface area contributed by atoms with Crippen molar-refractivity contribution in [2.45, 2.75) is 13.3 Å². The predicted molar refractivity (Wildman–Crippen MR) is 93.0 cm³/mol. The number of nitrogens with zero attached hydrogens (tertiary/aromatic N) is 1. The third kappa shape index (κ3) is 3.99. The van der Waals surface area contributed by atoms with Crippen molar-refractivity contribution < 1.29 is 13.9 Å². The molecule has 122 valence electrons. The molecular weight excluding hydrogens is 349 g/mol. The molecule has 0 atom stereocenters. The number of carbonyl (C=O) groups excluding carboxylic acids is 1. The molecule has 6 heteroatoms. The number of thiazole rings is 1. The zero-order chi connectivity index (χ0) is 17.1. The van der Waals surface area contributed by atoms with Gasteiger partial charge in [-0.25, -0.2) is 9.37 Å². The fourth-order valence-corrected chi connectivity index (χ4v) is 3.09. The normalized spacial score (nSPS) is 10.6. The number of carbonyl (C=O) groups is 1. The summed E-state index contributed by atoms with van der Waals surface area (Å²) >= 11 is 7.41. The SMILES string of the molecule is Cc1ccc(Cl)c(OC(=O)Cc2csc(-c3ccc(F)cc3)n2)c1. The standard InChI is InChI=1S/C18H13ClFNO2S/c1-11-2-7-15(19)16(8-11)23-17(22)9-14-10-24-18(21-14)12-3-5-13(20)6-4-12/h2-8,10H,9H2,1H3. The van der Waals surface area contributed by atoms with E-state index in [-0.39, 0.29) is 12.2 Å². The van der Waals surface area contributed by atoms with Crippen LogP contribution in [-0.2, 0) is 11.2 Å². The van der Waals surface area contributed by atoms with Crippen LogP contribution in [0.25, 0.3) is 10.6 Å². The van der Waals surface area contributed by atoms with Gasteiger partial charge in [-0.2, -0.15) is 0 Å². The maximum Gasteiger partial charge on any atom is 0.317 e. The number of halogens is 2. The van der Waals surface area contributed by atoms with E-state index in [1.54, 1.807) is 29.6 Å². The maximum absolute atomic E-state index is 13.0. The molecule has 0 unspecified atom stereocenters. The van der Waals surface area contributed by atoms with E-state index in [2.05, 4.69) is 4.98 Å². The average Bonchev–Trinajstić information content (AvgIpc) is 3.00. The first-order chi connectivity index (χ1) is 11.5. The molecule has 1 heterocycles. The van der Waals surface area contributed by atoms with Crippen LogP contribution in [0.15, 0.2) is 47.8 Å². The van der Waals surface area contributed by atoms with Gasteiger partial charge in [0.15, 0.2) is 0 Å². The summed E-state index contributed by atoms with van der Waals surface area (Å²) < 4.78 is 18.3. The lowest BCUT2D eigenvalue weighted by molar-refractivity contribution is -0.133. The van der Waals surface area contributed by atoms with Gasteiger partial charge in [0.05, 0.1) is 17.1 Å². The zero-order valence-corrected chi connectivity index (χ0v) is 14.3. The van der Waals surface area contributed by atoms with Crippen LogP contribution in [0.2, 0.25) is 5.02 Å². The van der Waals surface area contributed by atoms with E-state index in [9.17, 15) is 9.18 Å². The van der Waals surface area contributed by atoms with E-state index in [4.69, 9.17) is 16.3 Å². The molecule has 0 radical (unpaired) electrons. The molecule has 3 nitrogen and oxygen atoms in total. The van der Waals surface area contributed by atoms with E-state index in [0.717, 1.165) is 16.1 Å². The van der Waals surface area contributed by atoms with Gasteiger partial charge >= 0.3 is 5.97 Å². The summed E-state index contributed by atoms with van der Waals surface area (Å²) in [6.07, 6.45) is 0.0436. The molecule has 0 saturated heterocycles. The van der Waals surface area contributed by atoms with Gasteiger partial charge in [-0.15, -0.1) is 11.3 Å². The molecular formula is C18H13ClFNO2S. The maximum atomic E-state index is 13.0. The largest absolute Gasteiger partial charge is 0.425 e. The molecule has 24 heavy (non-hydrogen) atoms. The number of hydrogen-bond donors (Lipinski definition) is 0. The number of rotatable bonds is 4. The van der Waals surface area contributed by atoms with Gasteiger partial charge in [-0.05, 0) is 48.9 Å². The summed E-state index contributed by atoms with van der Waals surface area (Å²) in [5.74, 6) is -0.386. The van der Waals surface area contributed by atoms with Crippen LogP contribution in [0.3, 0.4) is 0 Å². The second-order valence-corrected chi connectivity index (χ2v) is 6.50. The first-order valence-electron chi connectivity index (χ1n) is 7.18. The van der Waals surface area contributed by atoms with Crippen LogP contribution in [-0.4, -0.2) is 11.0 Å². The van der Waals surface area contributed by atoms with E-state index >= 15 is 0 Å². The summed E-state index contributed by atoms with van der Waals surface area (Å²) in [4.78, 5) is 16.5. The molecule has 0 bridgehead atoms. The second-order valence-electron chi connectivity index (χ2n) is 5.24. The zero-order valence-electron chi connectivity index (χ0n) is 12.8. The third-order valence-electron chi connectivity index (χ3n) is 3.28. The molecule has 0 aliphatic rings. The van der Waals surface area contributed by atoms with Crippen LogP contribution in [0.5, 0.6) is 5.75 Å². The first kappa shape index (κ1) is 16.6. The molecule has 0 spiro atoms. The molecule has 3 aromatic rings. The first-order valence-corrected chi connectivity index (χ1v) is 8.44. The quantitative estimate of drug-likeness (QED) is 0.481. The van der Waals surface area contributed by atoms with Gasteiger partial charge in [0, 0.05) is 10.9 Å². The predicted octanol–water partition coefficient (Wildman–Crippen LogP) is 5.06. The Morgan fingerprint density at radius 3 is 2.75 bits per heavy atom. The van der Waals surface area contributed by atoms with Crippen molar-refractivity contribution in [3.8, 4) is 16.3 Å². The number of benzene rings is 2. The Morgan fingerprint density at radius 1 is 1.25 bits per heavy atom. The van der Waals surface area contributed by atoms with Crippen LogP contribution < -0.4 is 4.74 Å². The van der Waals surface area contributed by atoms with E-state index in [0.29, 0.717) is 16.5 Å². The van der Waals surface area contributed by atoms with Crippen LogP contribution in [0, 0.1) is 12.7 Å². The Morgan fingerprint density at radius 2 is 2.00 bits per heavy atom. The van der Waals surface area contributed by atoms with Gasteiger partial charge in [0.1, 0.15) is 16.6 Å². The highest BCUT2D eigenvalue weighted by atomic mass is 35.5. The summed E-state index contributed by atoms with van der Waals surface area (Å²) in [5.41, 5.74) is 2.37. The Hall–Kier alpha value is -2.24. The van der Waals surface area contributed by atoms with E-state index in [1.165, 1.54) is 23.5 Å². The number of esters is 1. The van der Waals surface area contributed by atoms with Crippen molar-refractivity contribution in [3.63, 3.8) is 0 Å². The lowest BCUT2D eigenvalue weighted by Crippen LogP contribution is -2.11. The topological polar surface area (TPSA) is 39.2 Å². The molecule has 0 aliphatic carbocycles. The Balaban J connectivity index is 1.69. The molecule has 2 aromatic carbocycles. The number of aromatic nitrogens is 1. The smallest absolute Gasteiger partial charge is 0.317 e. The Labute approximate surface area is 147 Å². The van der Waals surface area contributed by atoms with Gasteiger partial charge in [-0.1, -0.05) is 17.7 Å². The number of hydrogen-bond acceptors (Lipinski definition) is 4. The van der Waals surface area contributed by atoms with Crippen molar-refractivity contribution in [1.82, 2.24) is 4.98 Å². The van der Waals surface area contributed by atoms with Gasteiger partial charge in [0.25, 0.3) is 0 Å². The highest BCUT2D eigenvalue weighted by Gasteiger charge is 2.13. The fourth-order valence-electron chi connectivity index (χ4n) is 2.11. The Kier molecular flexibility index (Phi) is 4.92. The fraction of sp³-hybridized carbons (Fsp3) is 0.111. The monoisotopic (exact) mass is 361 g/mol. The molecule has 0 amide bonds. The summed E-state index contributed by atoms with van der Waals surface area (Å²) in [6, 6.07) is 11.3. The minimum atomic E-state index is -0.432. The molecule has 0 N–H and O–H groups in total. The molecule has 0 saturated carbocycles. The number of ether oxygens (including phenoxy) is 1.